The van der Waals surface area contributed by atoms with Gasteiger partial charge in [-0.15, -0.1) is 0 Å². The molecule has 0 radical (unpaired) electrons. The average molecular weight is 435 g/mol. The minimum atomic E-state index is -2.52. The summed E-state index contributed by atoms with van der Waals surface area (Å²) in [5.41, 5.74) is 0. The first-order chi connectivity index (χ1) is 12.9. The van der Waals surface area contributed by atoms with Crippen LogP contribution in [0.2, 0.25) is 5.02 Å². The number of hydrogen-bond donors (Lipinski definition) is 0. The second kappa shape index (κ2) is 12.6. The molecule has 5 heteroatoms. The van der Waals surface area contributed by atoms with Crippen LogP contribution in [-0.4, -0.2) is 28.9 Å². The van der Waals surface area contributed by atoms with E-state index in [2.05, 4.69) is 27.7 Å². The van der Waals surface area contributed by atoms with Crippen LogP contribution in [0.5, 0.6) is 0 Å². The van der Waals surface area contributed by atoms with Crippen molar-refractivity contribution < 1.29 is 8.18 Å². The zero-order valence-corrected chi connectivity index (χ0v) is 20.3. The molecule has 1 atom stereocenters. The number of halogens is 1. The second-order valence-corrected chi connectivity index (χ2v) is 15.4. The van der Waals surface area contributed by atoms with E-state index in [4.69, 9.17) is 15.6 Å². The van der Waals surface area contributed by atoms with Crippen LogP contribution >= 0.6 is 18.4 Å². The number of benzene rings is 1. The van der Waals surface area contributed by atoms with E-state index in [0.29, 0.717) is 5.02 Å². The molecule has 0 bridgehead atoms. The third-order valence-electron chi connectivity index (χ3n) is 5.59. The fraction of sp³-hybridized carbons (Fsp3) is 0.727. The Morgan fingerprint density at radius 1 is 0.778 bits per heavy atom. The minimum absolute atomic E-state index is 0.669. The Bertz CT molecular complexity index is 518. The molecule has 0 heterocycles. The van der Waals surface area contributed by atoms with Crippen LogP contribution < -0.4 is 0 Å². The first-order valence-corrected chi connectivity index (χ1v) is 15.2. The van der Waals surface area contributed by atoms with Crippen LogP contribution in [0.1, 0.15) is 79.1 Å². The SMILES string of the molecule is CCCCP(CCCC)(CCCC)(CCCC)OS(=O)c1ccc(Cl)cc1. The zero-order valence-electron chi connectivity index (χ0n) is 17.8. The predicted molar refractivity (Wildman–Crippen MR) is 125 cm³/mol. The van der Waals surface area contributed by atoms with Gasteiger partial charge in [-0.2, -0.15) is 0 Å². The molecule has 0 saturated carbocycles. The maximum atomic E-state index is 13.3. The van der Waals surface area contributed by atoms with Crippen LogP contribution in [0.15, 0.2) is 29.2 Å². The summed E-state index contributed by atoms with van der Waals surface area (Å²) in [6.45, 7) is 6.48. The molecule has 2 nitrogen and oxygen atoms in total. The summed E-state index contributed by atoms with van der Waals surface area (Å²) >= 11 is 4.60. The summed E-state index contributed by atoms with van der Waals surface area (Å²) in [6, 6.07) is 7.32. The molecule has 0 aliphatic heterocycles. The maximum absolute atomic E-state index is 13.3. The van der Waals surface area contributed by atoms with Gasteiger partial charge < -0.3 is 0 Å². The Labute approximate surface area is 175 Å². The van der Waals surface area contributed by atoms with Gasteiger partial charge in [-0.3, -0.25) is 0 Å². The van der Waals surface area contributed by atoms with E-state index in [1.54, 1.807) is 0 Å². The van der Waals surface area contributed by atoms with Crippen LogP contribution in [0.4, 0.5) is 0 Å². The van der Waals surface area contributed by atoms with Crippen LogP contribution in [0.25, 0.3) is 0 Å². The molecule has 0 N–H and O–H groups in total. The molecular formula is C22H40ClO2PS. The summed E-state index contributed by atoms with van der Waals surface area (Å²) in [7, 11) is 0. The topological polar surface area (TPSA) is 26.3 Å². The van der Waals surface area contributed by atoms with Crippen LogP contribution in [0.3, 0.4) is 0 Å². The fourth-order valence-electron chi connectivity index (χ4n) is 3.83. The normalized spacial score (nSPS) is 14.6. The van der Waals surface area contributed by atoms with Crippen molar-refractivity contribution in [1.82, 2.24) is 0 Å². The van der Waals surface area contributed by atoms with E-state index < -0.39 is 17.9 Å². The van der Waals surface area contributed by atoms with Gasteiger partial charge in [0.15, 0.2) is 0 Å². The van der Waals surface area contributed by atoms with E-state index in [1.807, 2.05) is 24.3 Å². The third kappa shape index (κ3) is 7.77. The van der Waals surface area contributed by atoms with Gasteiger partial charge in [0.25, 0.3) is 0 Å². The second-order valence-electron chi connectivity index (χ2n) is 7.93. The Morgan fingerprint density at radius 2 is 1.15 bits per heavy atom. The summed E-state index contributed by atoms with van der Waals surface area (Å²) in [5, 5.41) is 0.669. The van der Waals surface area contributed by atoms with Gasteiger partial charge in [0.1, 0.15) is 0 Å². The van der Waals surface area contributed by atoms with Gasteiger partial charge in [-0.05, 0) is 0 Å². The standard InChI is InChI=1S/C22H40ClO2PS/c1-5-9-17-26(18-10-6-2,19-11-7-3,20-12-8-4)25-27(24)22-15-13-21(23)14-16-22/h13-16H,5-12,17-20H2,1-4H3. The van der Waals surface area contributed by atoms with Crippen molar-refractivity contribution in [3.05, 3.63) is 29.3 Å². The molecule has 0 spiro atoms. The van der Waals surface area contributed by atoms with E-state index >= 15 is 0 Å². The molecule has 0 aliphatic rings. The number of rotatable bonds is 15. The van der Waals surface area contributed by atoms with Crippen molar-refractivity contribution in [2.45, 2.75) is 84.0 Å². The van der Waals surface area contributed by atoms with Crippen LogP contribution in [-0.2, 0) is 15.1 Å². The molecule has 0 amide bonds. The zero-order chi connectivity index (χ0) is 20.2. The average Bonchev–Trinajstić information content (AvgIpc) is 2.68. The molecule has 1 aromatic rings. The van der Waals surface area contributed by atoms with Gasteiger partial charge >= 0.3 is 176 Å². The summed E-state index contributed by atoms with van der Waals surface area (Å²) < 4.78 is 20.1. The summed E-state index contributed by atoms with van der Waals surface area (Å²) in [6.07, 6.45) is 13.9. The van der Waals surface area contributed by atoms with Crippen molar-refractivity contribution in [1.29, 1.82) is 0 Å². The summed E-state index contributed by atoms with van der Waals surface area (Å²) in [5.74, 6) is 0. The Balaban J connectivity index is 3.29. The van der Waals surface area contributed by atoms with Crippen molar-refractivity contribution in [3.63, 3.8) is 0 Å². The molecule has 27 heavy (non-hydrogen) atoms. The monoisotopic (exact) mass is 434 g/mol. The number of hydrogen-bond acceptors (Lipinski definition) is 2. The van der Waals surface area contributed by atoms with E-state index in [1.165, 1.54) is 51.4 Å². The first-order valence-electron chi connectivity index (χ1n) is 10.8. The molecule has 158 valence electrons. The van der Waals surface area contributed by atoms with Crippen molar-refractivity contribution in [2.75, 3.05) is 24.6 Å². The van der Waals surface area contributed by atoms with E-state index in [0.717, 1.165) is 29.5 Å². The molecule has 0 aromatic heterocycles. The first kappa shape index (κ1) is 25.1. The fourth-order valence-corrected chi connectivity index (χ4v) is 13.2. The molecular weight excluding hydrogens is 395 g/mol. The molecule has 0 saturated heterocycles. The van der Waals surface area contributed by atoms with Gasteiger partial charge in [-0.1, -0.05) is 0 Å². The quantitative estimate of drug-likeness (QED) is 0.261. The molecule has 1 rings (SSSR count). The van der Waals surface area contributed by atoms with Gasteiger partial charge in [0, 0.05) is 0 Å². The molecule has 0 fully saturated rings. The van der Waals surface area contributed by atoms with Crippen molar-refractivity contribution in [2.24, 2.45) is 0 Å². The third-order valence-corrected chi connectivity index (χ3v) is 14.5. The van der Waals surface area contributed by atoms with Gasteiger partial charge in [0.05, 0.1) is 0 Å². The van der Waals surface area contributed by atoms with Crippen molar-refractivity contribution >= 4 is 29.5 Å². The molecule has 0 aliphatic carbocycles. The Morgan fingerprint density at radius 3 is 1.48 bits per heavy atom. The van der Waals surface area contributed by atoms with E-state index in [-0.39, 0.29) is 0 Å². The van der Waals surface area contributed by atoms with Gasteiger partial charge in [0.2, 0.25) is 0 Å². The number of unbranched alkanes of at least 4 members (excludes halogenated alkanes) is 4. The van der Waals surface area contributed by atoms with E-state index in [9.17, 15) is 4.21 Å². The Hall–Kier alpha value is 0.0500. The van der Waals surface area contributed by atoms with Crippen molar-refractivity contribution in [3.8, 4) is 0 Å². The van der Waals surface area contributed by atoms with Gasteiger partial charge in [-0.25, -0.2) is 0 Å². The Kier molecular flexibility index (Phi) is 11.7. The summed E-state index contributed by atoms with van der Waals surface area (Å²) in [4.78, 5) is 0.745. The molecule has 1 unspecified atom stereocenters. The molecule has 1 aromatic carbocycles. The van der Waals surface area contributed by atoms with Crippen LogP contribution in [0, 0.1) is 0 Å². The predicted octanol–water partition coefficient (Wildman–Crippen LogP) is 8.05.